The lowest BCUT2D eigenvalue weighted by molar-refractivity contribution is -0.132. The van der Waals surface area contributed by atoms with E-state index in [1.165, 1.54) is 6.08 Å². The van der Waals surface area contributed by atoms with Crippen LogP contribution >= 0.6 is 0 Å². The molecule has 13 heavy (non-hydrogen) atoms. The summed E-state index contributed by atoms with van der Waals surface area (Å²) in [6.45, 7) is 0. The Bertz CT molecular complexity index is 374. The van der Waals surface area contributed by atoms with E-state index in [1.54, 1.807) is 6.08 Å². The smallest absolute Gasteiger partial charge is 0.336 e. The molecule has 0 saturated heterocycles. The van der Waals surface area contributed by atoms with Gasteiger partial charge in [-0.25, -0.2) is 4.79 Å². The summed E-state index contributed by atoms with van der Waals surface area (Å²) in [6, 6.07) is 9.72. The van der Waals surface area contributed by atoms with Gasteiger partial charge in [-0.1, -0.05) is 30.3 Å². The SMILES string of the molecule is O=C1C=C/C(=C\c2ccccc2)O1. The number of benzene rings is 1. The third-order valence-corrected chi connectivity index (χ3v) is 1.71. The normalized spacial score (nSPS) is 17.8. The summed E-state index contributed by atoms with van der Waals surface area (Å²) in [5, 5.41) is 0. The molecule has 0 saturated carbocycles. The monoisotopic (exact) mass is 172 g/mol. The molecule has 0 radical (unpaired) electrons. The van der Waals surface area contributed by atoms with E-state index in [-0.39, 0.29) is 5.97 Å². The standard InChI is InChI=1S/C11H8O2/c12-11-7-6-10(13-11)8-9-4-2-1-3-5-9/h1-8H/b10-8+. The van der Waals surface area contributed by atoms with Crippen molar-refractivity contribution in [2.75, 3.05) is 0 Å². The van der Waals surface area contributed by atoms with Crippen LogP contribution in [0.15, 0.2) is 48.2 Å². The van der Waals surface area contributed by atoms with Crippen molar-refractivity contribution in [2.45, 2.75) is 0 Å². The molecule has 0 aliphatic carbocycles. The Hall–Kier alpha value is -1.83. The fourth-order valence-electron chi connectivity index (χ4n) is 1.13. The number of rotatable bonds is 1. The molecule has 0 N–H and O–H groups in total. The highest BCUT2D eigenvalue weighted by Gasteiger charge is 2.08. The maximum absolute atomic E-state index is 10.7. The summed E-state index contributed by atoms with van der Waals surface area (Å²) >= 11 is 0. The lowest BCUT2D eigenvalue weighted by Gasteiger charge is -1.95. The molecule has 64 valence electrons. The zero-order valence-corrected chi connectivity index (χ0v) is 6.94. The predicted octanol–water partition coefficient (Wildman–Crippen LogP) is 2.14. The van der Waals surface area contributed by atoms with E-state index in [1.807, 2.05) is 36.4 Å². The van der Waals surface area contributed by atoms with Crippen molar-refractivity contribution in [3.05, 3.63) is 53.8 Å². The summed E-state index contributed by atoms with van der Waals surface area (Å²) in [5.74, 6) is 0.290. The number of esters is 1. The van der Waals surface area contributed by atoms with Crippen LogP contribution in [0.1, 0.15) is 5.56 Å². The van der Waals surface area contributed by atoms with Crippen LogP contribution in [0.25, 0.3) is 6.08 Å². The fraction of sp³-hybridized carbons (Fsp3) is 0. The van der Waals surface area contributed by atoms with Crippen molar-refractivity contribution in [1.29, 1.82) is 0 Å². The molecule has 0 fully saturated rings. The van der Waals surface area contributed by atoms with E-state index in [4.69, 9.17) is 4.74 Å². The Morgan fingerprint density at radius 1 is 1.08 bits per heavy atom. The van der Waals surface area contributed by atoms with Crippen LogP contribution in [0.4, 0.5) is 0 Å². The first-order chi connectivity index (χ1) is 6.34. The highest BCUT2D eigenvalue weighted by Crippen LogP contribution is 2.13. The van der Waals surface area contributed by atoms with Gasteiger partial charge in [-0.05, 0) is 17.7 Å². The van der Waals surface area contributed by atoms with Gasteiger partial charge in [0.2, 0.25) is 0 Å². The molecule has 1 aliphatic rings. The van der Waals surface area contributed by atoms with E-state index >= 15 is 0 Å². The second kappa shape index (κ2) is 3.27. The lowest BCUT2D eigenvalue weighted by Crippen LogP contribution is -1.89. The molecule has 1 heterocycles. The third-order valence-electron chi connectivity index (χ3n) is 1.71. The minimum atomic E-state index is -0.304. The lowest BCUT2D eigenvalue weighted by atomic mass is 10.2. The minimum Gasteiger partial charge on any atom is -0.423 e. The molecular formula is C11H8O2. The number of cyclic esters (lactones) is 1. The van der Waals surface area contributed by atoms with Crippen molar-refractivity contribution in [2.24, 2.45) is 0 Å². The van der Waals surface area contributed by atoms with Crippen molar-refractivity contribution in [3.8, 4) is 0 Å². The van der Waals surface area contributed by atoms with Gasteiger partial charge in [-0.2, -0.15) is 0 Å². The predicted molar refractivity (Wildman–Crippen MR) is 49.7 cm³/mol. The van der Waals surface area contributed by atoms with Gasteiger partial charge in [-0.15, -0.1) is 0 Å². The van der Waals surface area contributed by atoms with Gasteiger partial charge in [0.25, 0.3) is 0 Å². The quantitative estimate of drug-likeness (QED) is 0.606. The summed E-state index contributed by atoms with van der Waals surface area (Å²) < 4.78 is 4.88. The molecule has 2 rings (SSSR count). The first-order valence-electron chi connectivity index (χ1n) is 4.01. The molecule has 0 spiro atoms. The highest BCUT2D eigenvalue weighted by atomic mass is 16.5. The van der Waals surface area contributed by atoms with Crippen LogP contribution in [0.2, 0.25) is 0 Å². The fourth-order valence-corrected chi connectivity index (χ4v) is 1.13. The molecule has 1 aromatic rings. The van der Waals surface area contributed by atoms with E-state index in [2.05, 4.69) is 0 Å². The Labute approximate surface area is 76.1 Å². The molecule has 2 nitrogen and oxygen atoms in total. The Kier molecular flexibility index (Phi) is 1.96. The zero-order chi connectivity index (χ0) is 9.10. The van der Waals surface area contributed by atoms with Crippen molar-refractivity contribution in [3.63, 3.8) is 0 Å². The van der Waals surface area contributed by atoms with E-state index in [9.17, 15) is 4.79 Å². The second-order valence-electron chi connectivity index (χ2n) is 2.71. The number of hydrogen-bond donors (Lipinski definition) is 0. The summed E-state index contributed by atoms with van der Waals surface area (Å²) in [5.41, 5.74) is 1.02. The maximum atomic E-state index is 10.7. The highest BCUT2D eigenvalue weighted by molar-refractivity contribution is 5.87. The zero-order valence-electron chi connectivity index (χ0n) is 6.94. The van der Waals surface area contributed by atoms with Crippen molar-refractivity contribution in [1.82, 2.24) is 0 Å². The molecular weight excluding hydrogens is 164 g/mol. The van der Waals surface area contributed by atoms with Gasteiger partial charge in [-0.3, -0.25) is 0 Å². The molecule has 1 aromatic carbocycles. The Morgan fingerprint density at radius 3 is 2.46 bits per heavy atom. The Morgan fingerprint density at radius 2 is 1.85 bits per heavy atom. The topological polar surface area (TPSA) is 26.3 Å². The summed E-state index contributed by atoms with van der Waals surface area (Å²) in [6.07, 6.45) is 4.89. The van der Waals surface area contributed by atoms with E-state index < -0.39 is 0 Å². The molecule has 1 aliphatic heterocycles. The first kappa shape index (κ1) is 7.80. The van der Waals surface area contributed by atoms with Gasteiger partial charge in [0.05, 0.1) is 0 Å². The summed E-state index contributed by atoms with van der Waals surface area (Å²) in [7, 11) is 0. The van der Waals surface area contributed by atoms with Crippen LogP contribution in [-0.2, 0) is 9.53 Å². The third kappa shape index (κ3) is 1.85. The summed E-state index contributed by atoms with van der Waals surface area (Å²) in [4.78, 5) is 10.7. The molecule has 0 aromatic heterocycles. The molecule has 0 bridgehead atoms. The van der Waals surface area contributed by atoms with Crippen LogP contribution in [0.3, 0.4) is 0 Å². The Balaban J connectivity index is 2.23. The molecule has 0 unspecified atom stereocenters. The minimum absolute atomic E-state index is 0.304. The van der Waals surface area contributed by atoms with Crippen LogP contribution in [-0.4, -0.2) is 5.97 Å². The van der Waals surface area contributed by atoms with Gasteiger partial charge < -0.3 is 4.74 Å². The van der Waals surface area contributed by atoms with Gasteiger partial charge in [0.1, 0.15) is 5.76 Å². The van der Waals surface area contributed by atoms with Crippen LogP contribution in [0.5, 0.6) is 0 Å². The second-order valence-corrected chi connectivity index (χ2v) is 2.71. The first-order valence-corrected chi connectivity index (χ1v) is 4.01. The van der Waals surface area contributed by atoms with Gasteiger partial charge in [0.15, 0.2) is 0 Å². The van der Waals surface area contributed by atoms with Crippen molar-refractivity contribution >= 4 is 12.0 Å². The molecule has 0 atom stereocenters. The molecule has 0 amide bonds. The maximum Gasteiger partial charge on any atom is 0.336 e. The number of carbonyl (C=O) groups is 1. The largest absolute Gasteiger partial charge is 0.423 e. The van der Waals surface area contributed by atoms with Gasteiger partial charge in [0, 0.05) is 6.08 Å². The van der Waals surface area contributed by atoms with Crippen LogP contribution in [0, 0.1) is 0 Å². The average molecular weight is 172 g/mol. The average Bonchev–Trinajstić information content (AvgIpc) is 2.53. The van der Waals surface area contributed by atoms with Gasteiger partial charge >= 0.3 is 5.97 Å². The van der Waals surface area contributed by atoms with E-state index in [0.29, 0.717) is 5.76 Å². The van der Waals surface area contributed by atoms with Crippen molar-refractivity contribution < 1.29 is 9.53 Å². The number of allylic oxidation sites excluding steroid dienone is 1. The number of carbonyl (C=O) groups excluding carboxylic acids is 1. The number of ether oxygens (including phenoxy) is 1. The number of hydrogen-bond acceptors (Lipinski definition) is 2. The van der Waals surface area contributed by atoms with Crippen LogP contribution < -0.4 is 0 Å². The van der Waals surface area contributed by atoms with E-state index in [0.717, 1.165) is 5.56 Å². The molecule has 2 heteroatoms.